The van der Waals surface area contributed by atoms with Gasteiger partial charge < -0.3 is 14.2 Å². The van der Waals surface area contributed by atoms with Crippen molar-refractivity contribution in [3.8, 4) is 0 Å². The van der Waals surface area contributed by atoms with Crippen molar-refractivity contribution >= 4 is 0 Å². The Morgan fingerprint density at radius 1 is 1.36 bits per heavy atom. The topological polar surface area (TPSA) is 27.7 Å². The van der Waals surface area contributed by atoms with Crippen molar-refractivity contribution in [2.45, 2.75) is 44.3 Å². The standard InChI is InChI=1S/C11H20O3/c1-2-3-6-12-9-10-11(4-5-11)14-8-7-13-10/h10H,2-9H2,1H3. The van der Waals surface area contributed by atoms with Crippen molar-refractivity contribution in [3.63, 3.8) is 0 Å². The molecule has 14 heavy (non-hydrogen) atoms. The maximum absolute atomic E-state index is 5.74. The molecule has 0 amide bonds. The van der Waals surface area contributed by atoms with Gasteiger partial charge in [-0.15, -0.1) is 0 Å². The van der Waals surface area contributed by atoms with Crippen molar-refractivity contribution in [3.05, 3.63) is 0 Å². The molecule has 82 valence electrons. The largest absolute Gasteiger partial charge is 0.379 e. The van der Waals surface area contributed by atoms with Crippen LogP contribution in [0.1, 0.15) is 32.6 Å². The Morgan fingerprint density at radius 2 is 2.21 bits per heavy atom. The first-order chi connectivity index (χ1) is 6.87. The van der Waals surface area contributed by atoms with E-state index in [0.717, 1.165) is 39.1 Å². The molecule has 2 aliphatic rings. The van der Waals surface area contributed by atoms with Crippen LogP contribution in [0, 0.1) is 0 Å². The molecular weight excluding hydrogens is 180 g/mol. The van der Waals surface area contributed by atoms with E-state index in [1.54, 1.807) is 0 Å². The predicted octanol–water partition coefficient (Wildman–Crippen LogP) is 1.75. The molecule has 1 spiro atoms. The summed E-state index contributed by atoms with van der Waals surface area (Å²) in [4.78, 5) is 0. The molecule has 1 aliphatic carbocycles. The third-order valence-corrected chi connectivity index (χ3v) is 3.03. The Morgan fingerprint density at radius 3 is 2.93 bits per heavy atom. The molecule has 2 rings (SSSR count). The molecule has 0 bridgehead atoms. The fourth-order valence-corrected chi connectivity index (χ4v) is 1.91. The summed E-state index contributed by atoms with van der Waals surface area (Å²) >= 11 is 0. The van der Waals surface area contributed by atoms with Gasteiger partial charge in [0.15, 0.2) is 0 Å². The number of ether oxygens (including phenoxy) is 3. The van der Waals surface area contributed by atoms with Crippen molar-refractivity contribution in [1.29, 1.82) is 0 Å². The third-order valence-electron chi connectivity index (χ3n) is 3.03. The van der Waals surface area contributed by atoms with Gasteiger partial charge in [-0.1, -0.05) is 13.3 Å². The number of rotatable bonds is 5. The van der Waals surface area contributed by atoms with Gasteiger partial charge >= 0.3 is 0 Å². The normalized spacial score (nSPS) is 29.4. The average molecular weight is 200 g/mol. The van der Waals surface area contributed by atoms with Crippen molar-refractivity contribution < 1.29 is 14.2 Å². The Labute approximate surface area is 85.7 Å². The van der Waals surface area contributed by atoms with Gasteiger partial charge in [0.05, 0.1) is 25.4 Å². The zero-order valence-corrected chi connectivity index (χ0v) is 8.96. The number of hydrogen-bond donors (Lipinski definition) is 0. The maximum atomic E-state index is 5.74. The van der Waals surface area contributed by atoms with Gasteiger partial charge in [-0.25, -0.2) is 0 Å². The smallest absolute Gasteiger partial charge is 0.110 e. The van der Waals surface area contributed by atoms with Crippen LogP contribution in [-0.4, -0.2) is 38.1 Å². The second-order valence-corrected chi connectivity index (χ2v) is 4.20. The Bertz CT molecular complexity index is 177. The lowest BCUT2D eigenvalue weighted by Gasteiger charge is -2.31. The van der Waals surface area contributed by atoms with E-state index < -0.39 is 0 Å². The van der Waals surface area contributed by atoms with Crippen LogP contribution in [0.5, 0.6) is 0 Å². The fourth-order valence-electron chi connectivity index (χ4n) is 1.91. The molecule has 1 saturated carbocycles. The van der Waals surface area contributed by atoms with Gasteiger partial charge in [-0.05, 0) is 19.3 Å². The molecule has 1 saturated heterocycles. The summed E-state index contributed by atoms with van der Waals surface area (Å²) in [6, 6.07) is 0. The van der Waals surface area contributed by atoms with Crippen LogP contribution in [0.15, 0.2) is 0 Å². The van der Waals surface area contributed by atoms with Gasteiger partial charge in [0.25, 0.3) is 0 Å². The molecule has 2 fully saturated rings. The molecule has 0 N–H and O–H groups in total. The van der Waals surface area contributed by atoms with Gasteiger partial charge in [-0.3, -0.25) is 0 Å². The van der Waals surface area contributed by atoms with Crippen LogP contribution in [0.25, 0.3) is 0 Å². The second kappa shape index (κ2) is 4.60. The van der Waals surface area contributed by atoms with Crippen LogP contribution in [0.3, 0.4) is 0 Å². The first-order valence-corrected chi connectivity index (χ1v) is 5.71. The van der Waals surface area contributed by atoms with Gasteiger partial charge in [0.2, 0.25) is 0 Å². The third kappa shape index (κ3) is 2.27. The summed E-state index contributed by atoms with van der Waals surface area (Å²) in [6.07, 6.45) is 4.81. The minimum absolute atomic E-state index is 0.0461. The van der Waals surface area contributed by atoms with Crippen LogP contribution in [-0.2, 0) is 14.2 Å². The summed E-state index contributed by atoms with van der Waals surface area (Å²) in [5.41, 5.74) is 0.0461. The first kappa shape index (κ1) is 10.4. The highest BCUT2D eigenvalue weighted by Gasteiger charge is 2.53. The average Bonchev–Trinajstić information content (AvgIpc) is 2.96. The highest BCUT2D eigenvalue weighted by Crippen LogP contribution is 2.45. The van der Waals surface area contributed by atoms with E-state index in [1.807, 2.05) is 0 Å². The highest BCUT2D eigenvalue weighted by atomic mass is 16.6. The maximum Gasteiger partial charge on any atom is 0.110 e. The molecule has 1 heterocycles. The van der Waals surface area contributed by atoms with Gasteiger partial charge in [-0.2, -0.15) is 0 Å². The Balaban J connectivity index is 1.68. The van der Waals surface area contributed by atoms with Crippen molar-refractivity contribution in [2.24, 2.45) is 0 Å². The SMILES string of the molecule is CCCCOCC1OCCOC12CC2. The molecule has 3 nitrogen and oxygen atoms in total. The van der Waals surface area contributed by atoms with E-state index in [-0.39, 0.29) is 11.7 Å². The minimum atomic E-state index is 0.0461. The van der Waals surface area contributed by atoms with E-state index in [4.69, 9.17) is 14.2 Å². The minimum Gasteiger partial charge on any atom is -0.379 e. The molecule has 0 aromatic carbocycles. The summed E-state index contributed by atoms with van der Waals surface area (Å²) in [5.74, 6) is 0. The fraction of sp³-hybridized carbons (Fsp3) is 1.00. The van der Waals surface area contributed by atoms with Crippen LogP contribution < -0.4 is 0 Å². The van der Waals surface area contributed by atoms with E-state index in [0.29, 0.717) is 6.61 Å². The molecule has 0 aromatic heterocycles. The number of hydrogen-bond acceptors (Lipinski definition) is 3. The van der Waals surface area contributed by atoms with E-state index in [9.17, 15) is 0 Å². The van der Waals surface area contributed by atoms with Gasteiger partial charge in [0, 0.05) is 6.61 Å². The van der Waals surface area contributed by atoms with Crippen molar-refractivity contribution in [2.75, 3.05) is 26.4 Å². The Kier molecular flexibility index (Phi) is 3.42. The predicted molar refractivity (Wildman–Crippen MR) is 53.4 cm³/mol. The monoisotopic (exact) mass is 200 g/mol. The quantitative estimate of drug-likeness (QED) is 0.633. The molecule has 1 aliphatic heterocycles. The molecule has 0 radical (unpaired) electrons. The molecule has 1 unspecified atom stereocenters. The lowest BCUT2D eigenvalue weighted by Crippen LogP contribution is -2.43. The zero-order chi connectivity index (χ0) is 9.86. The lowest BCUT2D eigenvalue weighted by molar-refractivity contribution is -0.174. The van der Waals surface area contributed by atoms with Gasteiger partial charge in [0.1, 0.15) is 6.10 Å². The molecule has 1 atom stereocenters. The molecule has 0 aromatic rings. The van der Waals surface area contributed by atoms with Crippen molar-refractivity contribution in [1.82, 2.24) is 0 Å². The highest BCUT2D eigenvalue weighted by molar-refractivity contribution is 5.03. The van der Waals surface area contributed by atoms with E-state index >= 15 is 0 Å². The van der Waals surface area contributed by atoms with Crippen LogP contribution in [0.2, 0.25) is 0 Å². The second-order valence-electron chi connectivity index (χ2n) is 4.20. The Hall–Kier alpha value is -0.120. The van der Waals surface area contributed by atoms with E-state index in [2.05, 4.69) is 6.92 Å². The van der Waals surface area contributed by atoms with E-state index in [1.165, 1.54) is 6.42 Å². The summed E-state index contributed by atoms with van der Waals surface area (Å²) < 4.78 is 17.0. The lowest BCUT2D eigenvalue weighted by atomic mass is 10.1. The molecular formula is C11H20O3. The zero-order valence-electron chi connectivity index (χ0n) is 8.96. The summed E-state index contributed by atoms with van der Waals surface area (Å²) in [7, 11) is 0. The van der Waals surface area contributed by atoms with Crippen LogP contribution in [0.4, 0.5) is 0 Å². The van der Waals surface area contributed by atoms with Crippen LogP contribution >= 0.6 is 0 Å². The summed E-state index contributed by atoms with van der Waals surface area (Å²) in [5, 5.41) is 0. The molecule has 3 heteroatoms. The number of unbranched alkanes of at least 4 members (excludes halogenated alkanes) is 1. The first-order valence-electron chi connectivity index (χ1n) is 5.71. The summed E-state index contributed by atoms with van der Waals surface area (Å²) in [6.45, 7) is 5.22.